The van der Waals surface area contributed by atoms with Crippen LogP contribution in [0.1, 0.15) is 25.1 Å². The second-order valence-electron chi connectivity index (χ2n) is 4.32. The zero-order chi connectivity index (χ0) is 9.97. The zero-order valence-electron chi connectivity index (χ0n) is 9.03. The van der Waals surface area contributed by atoms with Gasteiger partial charge < -0.3 is 9.88 Å². The van der Waals surface area contributed by atoms with Crippen LogP contribution in [0.2, 0.25) is 0 Å². The first kappa shape index (κ1) is 9.71. The second kappa shape index (κ2) is 4.13. The molecule has 78 valence electrons. The van der Waals surface area contributed by atoms with Gasteiger partial charge in [-0.2, -0.15) is 0 Å². The molecule has 1 heterocycles. The first-order valence-electron chi connectivity index (χ1n) is 5.43. The lowest BCUT2D eigenvalue weighted by molar-refractivity contribution is 0.476. The number of aryl methyl sites for hydroxylation is 1. The van der Waals surface area contributed by atoms with Crippen molar-refractivity contribution in [3.05, 3.63) is 18.2 Å². The summed E-state index contributed by atoms with van der Waals surface area (Å²) in [6.45, 7) is 0. The summed E-state index contributed by atoms with van der Waals surface area (Å²) in [6, 6.07) is 0.601. The topological polar surface area (TPSA) is 29.9 Å². The molecule has 14 heavy (non-hydrogen) atoms. The number of rotatable bonds is 5. The van der Waals surface area contributed by atoms with E-state index in [1.165, 1.54) is 25.1 Å². The van der Waals surface area contributed by atoms with E-state index in [0.29, 0.717) is 6.04 Å². The fraction of sp³-hybridized carbons (Fsp3) is 0.727. The van der Waals surface area contributed by atoms with Crippen LogP contribution in [0, 0.1) is 5.92 Å². The molecule has 1 unspecified atom stereocenters. The largest absolute Gasteiger partial charge is 0.338 e. The molecular weight excluding hydrogens is 174 g/mol. The molecule has 3 nitrogen and oxygen atoms in total. The molecule has 1 aromatic heterocycles. The van der Waals surface area contributed by atoms with Crippen LogP contribution in [-0.4, -0.2) is 22.6 Å². The van der Waals surface area contributed by atoms with E-state index in [-0.39, 0.29) is 0 Å². The first-order valence-corrected chi connectivity index (χ1v) is 5.43. The van der Waals surface area contributed by atoms with E-state index in [0.717, 1.165) is 12.3 Å². The van der Waals surface area contributed by atoms with Crippen molar-refractivity contribution in [3.8, 4) is 0 Å². The van der Waals surface area contributed by atoms with Crippen LogP contribution in [-0.2, 0) is 13.5 Å². The van der Waals surface area contributed by atoms with Crippen LogP contribution < -0.4 is 5.32 Å². The van der Waals surface area contributed by atoms with Crippen molar-refractivity contribution in [2.24, 2.45) is 13.0 Å². The van der Waals surface area contributed by atoms with Gasteiger partial charge in [-0.3, -0.25) is 0 Å². The maximum atomic E-state index is 4.35. The second-order valence-corrected chi connectivity index (χ2v) is 4.32. The normalized spacial score (nSPS) is 18.4. The molecule has 0 aromatic carbocycles. The molecule has 1 aliphatic rings. The molecule has 1 saturated carbocycles. The lowest BCUT2D eigenvalue weighted by Gasteiger charge is -2.15. The molecule has 0 bridgehead atoms. The highest BCUT2D eigenvalue weighted by Crippen LogP contribution is 2.33. The molecule has 1 fully saturated rings. The number of likely N-dealkylation sites (N-methyl/N-ethyl adjacent to an activating group) is 1. The van der Waals surface area contributed by atoms with Crippen molar-refractivity contribution < 1.29 is 0 Å². The van der Waals surface area contributed by atoms with E-state index in [1.54, 1.807) is 0 Å². The quantitative estimate of drug-likeness (QED) is 0.765. The highest BCUT2D eigenvalue weighted by molar-refractivity contribution is 4.95. The lowest BCUT2D eigenvalue weighted by Crippen LogP contribution is -2.29. The van der Waals surface area contributed by atoms with E-state index in [1.807, 2.05) is 12.4 Å². The van der Waals surface area contributed by atoms with Gasteiger partial charge in [-0.1, -0.05) is 12.8 Å². The highest BCUT2D eigenvalue weighted by atomic mass is 15.0. The van der Waals surface area contributed by atoms with Gasteiger partial charge in [-0.05, 0) is 19.4 Å². The van der Waals surface area contributed by atoms with Crippen LogP contribution in [0.25, 0.3) is 0 Å². The summed E-state index contributed by atoms with van der Waals surface area (Å²) in [6.07, 6.45) is 9.11. The van der Waals surface area contributed by atoms with Gasteiger partial charge in [0.15, 0.2) is 0 Å². The highest BCUT2D eigenvalue weighted by Gasteiger charge is 2.25. The number of nitrogens with zero attached hydrogens (tertiary/aromatic N) is 2. The Labute approximate surface area is 85.5 Å². The Hall–Kier alpha value is -0.830. The molecule has 0 radical (unpaired) electrons. The Bertz CT molecular complexity index is 288. The van der Waals surface area contributed by atoms with E-state index in [2.05, 4.69) is 29.0 Å². The molecule has 2 rings (SSSR count). The fourth-order valence-electron chi connectivity index (χ4n) is 1.87. The number of imidazole rings is 1. The molecule has 1 N–H and O–H groups in total. The van der Waals surface area contributed by atoms with E-state index in [4.69, 9.17) is 0 Å². The zero-order valence-corrected chi connectivity index (χ0v) is 9.03. The van der Waals surface area contributed by atoms with Crippen molar-refractivity contribution in [3.63, 3.8) is 0 Å². The lowest BCUT2D eigenvalue weighted by atomic mass is 10.1. The van der Waals surface area contributed by atoms with Crippen LogP contribution in [0.5, 0.6) is 0 Å². The number of nitrogens with one attached hydrogen (secondary N) is 1. The molecule has 0 aliphatic heterocycles. The van der Waals surface area contributed by atoms with Gasteiger partial charge in [-0.15, -0.1) is 0 Å². The SMILES string of the molecule is CNC(Cc1nccn1C)CC1CC1. The number of hydrogen-bond acceptors (Lipinski definition) is 2. The molecule has 1 atom stereocenters. The fourth-order valence-corrected chi connectivity index (χ4v) is 1.87. The average molecular weight is 193 g/mol. The van der Waals surface area contributed by atoms with Crippen molar-refractivity contribution in [1.82, 2.24) is 14.9 Å². The summed E-state index contributed by atoms with van der Waals surface area (Å²) in [7, 11) is 4.11. The standard InChI is InChI=1S/C11H19N3/c1-12-10(7-9-3-4-9)8-11-13-5-6-14(11)2/h5-6,9-10,12H,3-4,7-8H2,1-2H3. The van der Waals surface area contributed by atoms with Crippen molar-refractivity contribution in [2.75, 3.05) is 7.05 Å². The predicted molar refractivity (Wildman–Crippen MR) is 57.1 cm³/mol. The summed E-state index contributed by atoms with van der Waals surface area (Å²) in [5, 5.41) is 3.39. The minimum Gasteiger partial charge on any atom is -0.338 e. The Kier molecular flexibility index (Phi) is 2.87. The molecule has 0 amide bonds. The molecule has 3 heteroatoms. The summed E-state index contributed by atoms with van der Waals surface area (Å²) in [4.78, 5) is 4.35. The summed E-state index contributed by atoms with van der Waals surface area (Å²) in [5.74, 6) is 2.16. The molecule has 1 aliphatic carbocycles. The van der Waals surface area contributed by atoms with E-state index < -0.39 is 0 Å². The van der Waals surface area contributed by atoms with E-state index in [9.17, 15) is 0 Å². The van der Waals surface area contributed by atoms with Gasteiger partial charge in [0.05, 0.1) is 0 Å². The van der Waals surface area contributed by atoms with Crippen molar-refractivity contribution in [2.45, 2.75) is 31.7 Å². The van der Waals surface area contributed by atoms with Gasteiger partial charge in [0, 0.05) is 31.9 Å². The Morgan fingerprint density at radius 3 is 2.93 bits per heavy atom. The molecule has 0 spiro atoms. The Morgan fingerprint density at radius 1 is 1.64 bits per heavy atom. The molecular formula is C11H19N3. The smallest absolute Gasteiger partial charge is 0.109 e. The van der Waals surface area contributed by atoms with Crippen LogP contribution >= 0.6 is 0 Å². The van der Waals surface area contributed by atoms with Crippen LogP contribution in [0.3, 0.4) is 0 Å². The third-order valence-corrected chi connectivity index (χ3v) is 3.07. The van der Waals surface area contributed by atoms with E-state index >= 15 is 0 Å². The first-order chi connectivity index (χ1) is 6.79. The van der Waals surface area contributed by atoms with Gasteiger partial charge >= 0.3 is 0 Å². The maximum Gasteiger partial charge on any atom is 0.109 e. The number of hydrogen-bond donors (Lipinski definition) is 1. The maximum absolute atomic E-state index is 4.35. The Balaban J connectivity index is 1.89. The Morgan fingerprint density at radius 2 is 2.43 bits per heavy atom. The summed E-state index contributed by atoms with van der Waals surface area (Å²) in [5.41, 5.74) is 0. The minimum absolute atomic E-state index is 0.601. The van der Waals surface area contributed by atoms with Crippen molar-refractivity contribution >= 4 is 0 Å². The van der Waals surface area contributed by atoms with Gasteiger partial charge in [0.2, 0.25) is 0 Å². The predicted octanol–water partition coefficient (Wildman–Crippen LogP) is 1.35. The monoisotopic (exact) mass is 193 g/mol. The summed E-state index contributed by atoms with van der Waals surface area (Å²) >= 11 is 0. The summed E-state index contributed by atoms with van der Waals surface area (Å²) < 4.78 is 2.11. The molecule has 1 aromatic rings. The van der Waals surface area contributed by atoms with Gasteiger partial charge in [-0.25, -0.2) is 4.98 Å². The average Bonchev–Trinajstić information content (AvgIpc) is 2.90. The van der Waals surface area contributed by atoms with Gasteiger partial charge in [0.25, 0.3) is 0 Å². The third kappa shape index (κ3) is 2.35. The van der Waals surface area contributed by atoms with Crippen molar-refractivity contribution in [1.29, 1.82) is 0 Å². The minimum atomic E-state index is 0.601. The third-order valence-electron chi connectivity index (χ3n) is 3.07. The van der Waals surface area contributed by atoms with Gasteiger partial charge in [0.1, 0.15) is 5.82 Å². The molecule has 0 saturated heterocycles. The number of aromatic nitrogens is 2. The van der Waals surface area contributed by atoms with Crippen LogP contribution in [0.4, 0.5) is 0 Å². The van der Waals surface area contributed by atoms with Crippen LogP contribution in [0.15, 0.2) is 12.4 Å².